The van der Waals surface area contributed by atoms with Gasteiger partial charge in [0.1, 0.15) is 6.04 Å². The monoisotopic (exact) mass is 321 g/mol. The van der Waals surface area contributed by atoms with Crippen molar-refractivity contribution < 1.29 is 18.0 Å². The molecule has 2 aliphatic rings. The van der Waals surface area contributed by atoms with Gasteiger partial charge in [0.15, 0.2) is 9.84 Å². The number of sulfone groups is 1. The summed E-state index contributed by atoms with van der Waals surface area (Å²) in [7, 11) is -3.38. The van der Waals surface area contributed by atoms with Crippen LogP contribution in [0.4, 0.5) is 5.69 Å². The Labute approximate surface area is 127 Å². The van der Waals surface area contributed by atoms with E-state index >= 15 is 0 Å². The Kier molecular flexibility index (Phi) is 3.48. The molecule has 0 aromatic heterocycles. The van der Waals surface area contributed by atoms with E-state index in [0.29, 0.717) is 11.3 Å². The molecule has 1 atom stereocenters. The van der Waals surface area contributed by atoms with E-state index in [4.69, 9.17) is 0 Å². The number of rotatable bonds is 3. The molecule has 2 heterocycles. The van der Waals surface area contributed by atoms with Gasteiger partial charge in [-0.25, -0.2) is 13.4 Å². The van der Waals surface area contributed by atoms with Crippen LogP contribution in [-0.2, 0) is 26.0 Å². The summed E-state index contributed by atoms with van der Waals surface area (Å²) in [6, 6.07) is 4.30. The number of carbonyl (C=O) groups is 2. The summed E-state index contributed by atoms with van der Waals surface area (Å²) in [4.78, 5) is 29.2. The Morgan fingerprint density at radius 3 is 2.77 bits per heavy atom. The molecule has 0 radical (unpaired) electrons. The molecule has 1 N–H and O–H groups in total. The van der Waals surface area contributed by atoms with Crippen molar-refractivity contribution in [3.63, 3.8) is 0 Å². The van der Waals surface area contributed by atoms with Crippen LogP contribution in [0.5, 0.6) is 0 Å². The predicted octanol–water partition coefficient (Wildman–Crippen LogP) is 0.371. The van der Waals surface area contributed by atoms with Gasteiger partial charge < -0.3 is 4.90 Å². The lowest BCUT2D eigenvalue weighted by molar-refractivity contribution is -0.125. The van der Waals surface area contributed by atoms with E-state index in [1.807, 2.05) is 0 Å². The van der Waals surface area contributed by atoms with Gasteiger partial charge in [-0.05, 0) is 12.1 Å². The van der Waals surface area contributed by atoms with Crippen LogP contribution in [0.1, 0.15) is 18.9 Å². The summed E-state index contributed by atoms with van der Waals surface area (Å²) in [6.45, 7) is 1.82. The first-order valence-corrected chi connectivity index (χ1v) is 8.56. The number of amides is 2. The zero-order valence-electron chi connectivity index (χ0n) is 11.9. The molecule has 2 aliphatic heterocycles. The molecular weight excluding hydrogens is 306 g/mol. The fourth-order valence-electron chi connectivity index (χ4n) is 2.64. The third-order valence-electron chi connectivity index (χ3n) is 3.85. The van der Waals surface area contributed by atoms with Crippen LogP contribution >= 0.6 is 0 Å². The second-order valence-corrected chi connectivity index (χ2v) is 7.45. The molecule has 3 rings (SSSR count). The van der Waals surface area contributed by atoms with E-state index in [-0.39, 0.29) is 35.4 Å². The summed E-state index contributed by atoms with van der Waals surface area (Å²) in [5.74, 6) is -0.713. The largest absolute Gasteiger partial charge is 0.346 e. The topological polar surface area (TPSA) is 95.9 Å². The molecule has 7 nitrogen and oxygen atoms in total. The zero-order valence-corrected chi connectivity index (χ0v) is 12.8. The quantitative estimate of drug-likeness (QED) is 0.812. The Hall–Kier alpha value is -2.22. The van der Waals surface area contributed by atoms with Crippen molar-refractivity contribution in [2.75, 3.05) is 5.75 Å². The summed E-state index contributed by atoms with van der Waals surface area (Å²) >= 11 is 0. The highest BCUT2D eigenvalue weighted by atomic mass is 32.2. The van der Waals surface area contributed by atoms with Crippen LogP contribution in [0.2, 0.25) is 0 Å². The van der Waals surface area contributed by atoms with Crippen molar-refractivity contribution in [1.29, 1.82) is 0 Å². The van der Waals surface area contributed by atoms with Crippen molar-refractivity contribution in [2.45, 2.75) is 30.8 Å². The minimum absolute atomic E-state index is 0.00440. The van der Waals surface area contributed by atoms with Crippen molar-refractivity contribution in [3.05, 3.63) is 23.8 Å². The Balaban J connectivity index is 1.99. The molecule has 2 amide bonds. The summed E-state index contributed by atoms with van der Waals surface area (Å²) in [5.41, 5.74) is 1.15. The zero-order chi connectivity index (χ0) is 15.9. The molecule has 1 saturated heterocycles. The number of hydrogen-bond acceptors (Lipinski definition) is 6. The number of fused-ring (bicyclic) bond motifs is 1. The van der Waals surface area contributed by atoms with Crippen LogP contribution in [0.25, 0.3) is 0 Å². The number of imide groups is 1. The van der Waals surface area contributed by atoms with Crippen molar-refractivity contribution in [1.82, 2.24) is 10.2 Å². The number of nitrogens with zero attached hydrogens (tertiary/aromatic N) is 2. The number of hydrogen-bond donors (Lipinski definition) is 1. The second kappa shape index (κ2) is 5.20. The van der Waals surface area contributed by atoms with Crippen molar-refractivity contribution in [3.8, 4) is 0 Å². The first kappa shape index (κ1) is 14.7. The molecular formula is C14H15N3O4S. The van der Waals surface area contributed by atoms with E-state index in [9.17, 15) is 18.0 Å². The van der Waals surface area contributed by atoms with Crippen LogP contribution < -0.4 is 5.32 Å². The smallest absolute Gasteiger partial charge is 0.249 e. The molecule has 116 valence electrons. The van der Waals surface area contributed by atoms with Gasteiger partial charge in [0.05, 0.1) is 29.1 Å². The molecule has 0 bridgehead atoms. The van der Waals surface area contributed by atoms with Crippen LogP contribution in [-0.4, -0.2) is 43.3 Å². The van der Waals surface area contributed by atoms with E-state index in [1.165, 1.54) is 6.34 Å². The van der Waals surface area contributed by atoms with Gasteiger partial charge in [0.2, 0.25) is 11.8 Å². The number of aliphatic imine (C=N–C) groups is 1. The highest BCUT2D eigenvalue weighted by Gasteiger charge is 2.36. The fourth-order valence-corrected chi connectivity index (χ4v) is 3.78. The van der Waals surface area contributed by atoms with Crippen molar-refractivity contribution in [2.24, 2.45) is 4.99 Å². The number of nitrogens with one attached hydrogen (secondary N) is 1. The van der Waals surface area contributed by atoms with E-state index in [2.05, 4.69) is 10.3 Å². The SMILES string of the molecule is CCS(=O)(=O)c1cccc2c1CN(C1CC(=O)NC1=O)C=N2. The van der Waals surface area contributed by atoms with Crippen LogP contribution in [0.3, 0.4) is 0 Å². The fraction of sp³-hybridized carbons (Fsp3) is 0.357. The average Bonchev–Trinajstić information content (AvgIpc) is 2.84. The molecule has 0 saturated carbocycles. The predicted molar refractivity (Wildman–Crippen MR) is 79.4 cm³/mol. The lowest BCUT2D eigenvalue weighted by Gasteiger charge is -2.29. The van der Waals surface area contributed by atoms with Gasteiger partial charge >= 0.3 is 0 Å². The summed E-state index contributed by atoms with van der Waals surface area (Å²) < 4.78 is 24.4. The minimum Gasteiger partial charge on any atom is -0.346 e. The molecule has 1 aromatic carbocycles. The molecule has 1 aromatic rings. The first-order chi connectivity index (χ1) is 10.4. The maximum Gasteiger partial charge on any atom is 0.249 e. The summed E-state index contributed by atoms with van der Waals surface area (Å²) in [6.07, 6.45) is 1.55. The third-order valence-corrected chi connectivity index (χ3v) is 5.67. The maximum atomic E-state index is 12.2. The standard InChI is InChI=1S/C14H15N3O4S/c1-2-22(20,21)12-5-3-4-10-9(12)7-17(8-15-10)11-6-13(18)16-14(11)19/h3-5,8,11H,2,6-7H2,1H3,(H,16,18,19). The average molecular weight is 321 g/mol. The van der Waals surface area contributed by atoms with Gasteiger partial charge in [0.25, 0.3) is 0 Å². The Morgan fingerprint density at radius 1 is 1.36 bits per heavy atom. The molecule has 0 aliphatic carbocycles. The van der Waals surface area contributed by atoms with Gasteiger partial charge in [-0.3, -0.25) is 14.9 Å². The highest BCUT2D eigenvalue weighted by molar-refractivity contribution is 7.91. The number of carbonyl (C=O) groups excluding carboxylic acids is 2. The van der Waals surface area contributed by atoms with Crippen LogP contribution in [0.15, 0.2) is 28.1 Å². The summed E-state index contributed by atoms with van der Waals surface area (Å²) in [5, 5.41) is 2.24. The molecule has 22 heavy (non-hydrogen) atoms. The van der Waals surface area contributed by atoms with E-state index in [0.717, 1.165) is 0 Å². The second-order valence-electron chi connectivity index (χ2n) is 5.21. The van der Waals surface area contributed by atoms with Gasteiger partial charge in [0, 0.05) is 12.1 Å². The Bertz CT molecular complexity index is 785. The van der Waals surface area contributed by atoms with E-state index in [1.54, 1.807) is 30.0 Å². The molecule has 1 unspecified atom stereocenters. The molecule has 1 fully saturated rings. The van der Waals surface area contributed by atoms with Crippen LogP contribution in [0, 0.1) is 0 Å². The van der Waals surface area contributed by atoms with Gasteiger partial charge in [-0.15, -0.1) is 0 Å². The lowest BCUT2D eigenvalue weighted by Crippen LogP contribution is -2.40. The Morgan fingerprint density at radius 2 is 2.14 bits per heavy atom. The highest BCUT2D eigenvalue weighted by Crippen LogP contribution is 2.32. The number of benzene rings is 1. The van der Waals surface area contributed by atoms with Gasteiger partial charge in [-0.2, -0.15) is 0 Å². The van der Waals surface area contributed by atoms with Gasteiger partial charge in [-0.1, -0.05) is 13.0 Å². The van der Waals surface area contributed by atoms with E-state index < -0.39 is 15.9 Å². The molecule has 8 heteroatoms. The lowest BCUT2D eigenvalue weighted by atomic mass is 10.1. The first-order valence-electron chi connectivity index (χ1n) is 6.90. The normalized spacial score (nSPS) is 21.0. The maximum absolute atomic E-state index is 12.2. The minimum atomic E-state index is -3.38. The van der Waals surface area contributed by atoms with Crippen molar-refractivity contribution >= 4 is 33.7 Å². The molecule has 0 spiro atoms. The third kappa shape index (κ3) is 2.39.